The minimum atomic E-state index is 0.0246. The van der Waals surface area contributed by atoms with E-state index in [0.29, 0.717) is 30.3 Å². The maximum absolute atomic E-state index is 12.7. The van der Waals surface area contributed by atoms with Crippen LogP contribution in [0.25, 0.3) is 0 Å². The standard InChI is InChI=1S/C21H31N3O2/c1-3-23(4-2)20(25)17-7-9-18(10-8-17)21(26)24-13-11-19(12-14-24)22-15-16-5-6-16/h7-10,16,19,22H,3-6,11-15H2,1-2H3. The van der Waals surface area contributed by atoms with E-state index in [1.54, 1.807) is 29.2 Å². The lowest BCUT2D eigenvalue weighted by atomic mass is 10.0. The topological polar surface area (TPSA) is 52.7 Å². The van der Waals surface area contributed by atoms with E-state index < -0.39 is 0 Å². The zero-order chi connectivity index (χ0) is 18.5. The fourth-order valence-electron chi connectivity index (χ4n) is 3.57. The third-order valence-electron chi connectivity index (χ3n) is 5.60. The lowest BCUT2D eigenvalue weighted by molar-refractivity contribution is 0.0703. The molecule has 0 bridgehead atoms. The van der Waals surface area contributed by atoms with Crippen LogP contribution >= 0.6 is 0 Å². The molecular formula is C21H31N3O2. The molecule has 3 rings (SSSR count). The smallest absolute Gasteiger partial charge is 0.253 e. The highest BCUT2D eigenvalue weighted by molar-refractivity contribution is 5.97. The molecule has 0 atom stereocenters. The zero-order valence-electron chi connectivity index (χ0n) is 16.0. The third kappa shape index (κ3) is 4.64. The van der Waals surface area contributed by atoms with E-state index in [4.69, 9.17) is 0 Å². The van der Waals surface area contributed by atoms with E-state index in [2.05, 4.69) is 5.32 Å². The van der Waals surface area contributed by atoms with Gasteiger partial charge < -0.3 is 15.1 Å². The van der Waals surface area contributed by atoms with Crippen LogP contribution in [0.5, 0.6) is 0 Å². The molecule has 2 amide bonds. The van der Waals surface area contributed by atoms with Crippen molar-refractivity contribution in [2.24, 2.45) is 5.92 Å². The first kappa shape index (κ1) is 18.9. The summed E-state index contributed by atoms with van der Waals surface area (Å²) >= 11 is 0. The number of benzene rings is 1. The van der Waals surface area contributed by atoms with Gasteiger partial charge >= 0.3 is 0 Å². The second-order valence-corrected chi connectivity index (χ2v) is 7.47. The van der Waals surface area contributed by atoms with E-state index in [9.17, 15) is 9.59 Å². The highest BCUT2D eigenvalue weighted by atomic mass is 16.2. The summed E-state index contributed by atoms with van der Waals surface area (Å²) in [7, 11) is 0. The van der Waals surface area contributed by atoms with E-state index in [-0.39, 0.29) is 11.8 Å². The van der Waals surface area contributed by atoms with Crippen molar-refractivity contribution >= 4 is 11.8 Å². The van der Waals surface area contributed by atoms with Crippen molar-refractivity contribution in [1.29, 1.82) is 0 Å². The van der Waals surface area contributed by atoms with E-state index in [0.717, 1.165) is 38.4 Å². The van der Waals surface area contributed by atoms with Crippen LogP contribution in [0.2, 0.25) is 0 Å². The minimum Gasteiger partial charge on any atom is -0.339 e. The van der Waals surface area contributed by atoms with E-state index >= 15 is 0 Å². The molecule has 1 aliphatic carbocycles. The molecule has 1 aliphatic heterocycles. The van der Waals surface area contributed by atoms with Crippen LogP contribution < -0.4 is 5.32 Å². The lowest BCUT2D eigenvalue weighted by Gasteiger charge is -2.32. The molecule has 142 valence electrons. The maximum Gasteiger partial charge on any atom is 0.253 e. The molecule has 5 nitrogen and oxygen atoms in total. The molecule has 1 aromatic rings. The van der Waals surface area contributed by atoms with Gasteiger partial charge in [-0.25, -0.2) is 0 Å². The van der Waals surface area contributed by atoms with Crippen LogP contribution in [0, 0.1) is 5.92 Å². The first-order valence-corrected chi connectivity index (χ1v) is 10.0. The molecule has 26 heavy (non-hydrogen) atoms. The molecule has 2 fully saturated rings. The van der Waals surface area contributed by atoms with Gasteiger partial charge in [0.05, 0.1) is 0 Å². The summed E-state index contributed by atoms with van der Waals surface area (Å²) in [5.41, 5.74) is 1.32. The first-order chi connectivity index (χ1) is 12.6. The van der Waals surface area contributed by atoms with Gasteiger partial charge in [0.1, 0.15) is 0 Å². The van der Waals surface area contributed by atoms with Gasteiger partial charge in [0, 0.05) is 43.3 Å². The average molecular weight is 357 g/mol. The number of piperidine rings is 1. The number of carbonyl (C=O) groups excluding carboxylic acids is 2. The number of likely N-dealkylation sites (tertiary alicyclic amines) is 1. The van der Waals surface area contributed by atoms with Gasteiger partial charge in [-0.1, -0.05) is 0 Å². The van der Waals surface area contributed by atoms with E-state index in [1.807, 2.05) is 18.7 Å². The third-order valence-corrected chi connectivity index (χ3v) is 5.60. The van der Waals surface area contributed by atoms with Gasteiger partial charge in [-0.15, -0.1) is 0 Å². The summed E-state index contributed by atoms with van der Waals surface area (Å²) in [6.07, 6.45) is 4.79. The number of amides is 2. The molecular weight excluding hydrogens is 326 g/mol. The summed E-state index contributed by atoms with van der Waals surface area (Å²) < 4.78 is 0. The highest BCUT2D eigenvalue weighted by Gasteiger charge is 2.26. The molecule has 1 aromatic carbocycles. The fraction of sp³-hybridized carbons (Fsp3) is 0.619. The number of hydrogen-bond donors (Lipinski definition) is 1. The molecule has 0 unspecified atom stereocenters. The van der Waals surface area contributed by atoms with Gasteiger partial charge in [-0.3, -0.25) is 9.59 Å². The van der Waals surface area contributed by atoms with Gasteiger partial charge in [-0.05, 0) is 76.3 Å². The van der Waals surface area contributed by atoms with Crippen LogP contribution in [0.4, 0.5) is 0 Å². The number of rotatable bonds is 7. The predicted octanol–water partition coefficient (Wildman–Crippen LogP) is 2.77. The highest BCUT2D eigenvalue weighted by Crippen LogP contribution is 2.28. The quantitative estimate of drug-likeness (QED) is 0.816. The Bertz CT molecular complexity index is 613. The largest absolute Gasteiger partial charge is 0.339 e. The van der Waals surface area contributed by atoms with E-state index in [1.165, 1.54) is 12.8 Å². The normalized spacial score (nSPS) is 18.0. The van der Waals surface area contributed by atoms with Crippen LogP contribution in [0.15, 0.2) is 24.3 Å². The SMILES string of the molecule is CCN(CC)C(=O)c1ccc(C(=O)N2CCC(NCC3CC3)CC2)cc1. The van der Waals surface area contributed by atoms with Crippen LogP contribution in [-0.2, 0) is 0 Å². The Kier molecular flexibility index (Phi) is 6.30. The molecule has 1 saturated heterocycles. The Morgan fingerprint density at radius 2 is 1.58 bits per heavy atom. The van der Waals surface area contributed by atoms with Crippen molar-refractivity contribution in [2.45, 2.75) is 45.6 Å². The second-order valence-electron chi connectivity index (χ2n) is 7.47. The fourth-order valence-corrected chi connectivity index (χ4v) is 3.57. The molecule has 5 heteroatoms. The Hall–Kier alpha value is -1.88. The number of nitrogens with one attached hydrogen (secondary N) is 1. The molecule has 1 N–H and O–H groups in total. The summed E-state index contributed by atoms with van der Waals surface area (Å²) in [4.78, 5) is 28.8. The van der Waals surface area contributed by atoms with Gasteiger partial charge in [0.2, 0.25) is 0 Å². The zero-order valence-corrected chi connectivity index (χ0v) is 16.0. The van der Waals surface area contributed by atoms with Gasteiger partial charge in [0.25, 0.3) is 11.8 Å². The predicted molar refractivity (Wildman–Crippen MR) is 103 cm³/mol. The maximum atomic E-state index is 12.7. The Balaban J connectivity index is 1.52. The lowest BCUT2D eigenvalue weighted by Crippen LogP contribution is -2.45. The second kappa shape index (κ2) is 8.67. The average Bonchev–Trinajstić information content (AvgIpc) is 3.52. The molecule has 1 heterocycles. The monoisotopic (exact) mass is 357 g/mol. The summed E-state index contributed by atoms with van der Waals surface area (Å²) in [6.45, 7) is 8.09. The Morgan fingerprint density at radius 1 is 1.00 bits per heavy atom. The molecule has 1 saturated carbocycles. The summed E-state index contributed by atoms with van der Waals surface area (Å²) in [5, 5.41) is 3.64. The van der Waals surface area contributed by atoms with Crippen LogP contribution in [-0.4, -0.2) is 60.4 Å². The van der Waals surface area contributed by atoms with Crippen molar-refractivity contribution in [2.75, 3.05) is 32.7 Å². The Morgan fingerprint density at radius 3 is 2.12 bits per heavy atom. The molecule has 2 aliphatic rings. The summed E-state index contributed by atoms with van der Waals surface area (Å²) in [6, 6.07) is 7.68. The first-order valence-electron chi connectivity index (χ1n) is 10.0. The number of hydrogen-bond acceptors (Lipinski definition) is 3. The van der Waals surface area contributed by atoms with Gasteiger partial charge in [0.15, 0.2) is 0 Å². The van der Waals surface area contributed by atoms with Crippen LogP contribution in [0.3, 0.4) is 0 Å². The molecule has 0 radical (unpaired) electrons. The van der Waals surface area contributed by atoms with Gasteiger partial charge in [-0.2, -0.15) is 0 Å². The minimum absolute atomic E-state index is 0.0246. The van der Waals surface area contributed by atoms with Crippen molar-refractivity contribution in [3.05, 3.63) is 35.4 Å². The van der Waals surface area contributed by atoms with Crippen molar-refractivity contribution < 1.29 is 9.59 Å². The van der Waals surface area contributed by atoms with Crippen LogP contribution in [0.1, 0.15) is 60.2 Å². The van der Waals surface area contributed by atoms with Crippen molar-refractivity contribution in [1.82, 2.24) is 15.1 Å². The van der Waals surface area contributed by atoms with Crippen molar-refractivity contribution in [3.63, 3.8) is 0 Å². The molecule has 0 aromatic heterocycles. The van der Waals surface area contributed by atoms with Crippen molar-refractivity contribution in [3.8, 4) is 0 Å². The number of nitrogens with zero attached hydrogens (tertiary/aromatic N) is 2. The Labute approximate surface area is 156 Å². The number of carbonyl (C=O) groups is 2. The molecule has 0 spiro atoms. The summed E-state index contributed by atoms with van der Waals surface area (Å²) in [5.74, 6) is 0.997.